The van der Waals surface area contributed by atoms with Gasteiger partial charge in [-0.1, -0.05) is 13.8 Å². The molecule has 160 valence electrons. The average molecular weight is 469 g/mol. The minimum absolute atomic E-state index is 0.0698. The van der Waals surface area contributed by atoms with Crippen molar-refractivity contribution < 1.29 is 18.8 Å². The van der Waals surface area contributed by atoms with Crippen molar-refractivity contribution in [1.82, 2.24) is 20.0 Å². The first kappa shape index (κ1) is 21.8. The Morgan fingerprint density at radius 2 is 1.69 bits per heavy atom. The van der Waals surface area contributed by atoms with Crippen molar-refractivity contribution in [3.63, 3.8) is 0 Å². The van der Waals surface area contributed by atoms with Gasteiger partial charge in [0.15, 0.2) is 10.4 Å². The van der Waals surface area contributed by atoms with E-state index in [-0.39, 0.29) is 24.1 Å². The number of likely N-dealkylation sites (tertiary alicyclic amines) is 1. The number of rotatable bonds is 5. The Morgan fingerprint density at radius 1 is 1.03 bits per heavy atom. The van der Waals surface area contributed by atoms with E-state index in [4.69, 9.17) is 4.42 Å². The summed E-state index contributed by atoms with van der Waals surface area (Å²) >= 11 is 3.14. The highest BCUT2D eigenvalue weighted by Crippen LogP contribution is 2.21. The van der Waals surface area contributed by atoms with Gasteiger partial charge in [0.05, 0.1) is 13.1 Å². The first-order chi connectivity index (χ1) is 13.8. The second-order valence-corrected chi connectivity index (χ2v) is 8.97. The maximum absolute atomic E-state index is 12.6. The fourth-order valence-electron chi connectivity index (χ4n) is 4.10. The van der Waals surface area contributed by atoms with Crippen LogP contribution in [-0.2, 0) is 9.59 Å². The number of piperazine rings is 1. The van der Waals surface area contributed by atoms with E-state index in [1.54, 1.807) is 17.0 Å². The van der Waals surface area contributed by atoms with Crippen molar-refractivity contribution in [1.29, 1.82) is 0 Å². The zero-order valence-electron chi connectivity index (χ0n) is 17.0. The van der Waals surface area contributed by atoms with Crippen LogP contribution in [0.15, 0.2) is 21.2 Å². The fourth-order valence-corrected chi connectivity index (χ4v) is 4.41. The number of furan rings is 1. The van der Waals surface area contributed by atoms with Gasteiger partial charge < -0.3 is 19.5 Å². The lowest BCUT2D eigenvalue weighted by Crippen LogP contribution is -2.54. The molecule has 3 heterocycles. The number of carbonyl (C=O) groups is 3. The summed E-state index contributed by atoms with van der Waals surface area (Å²) in [5, 5.41) is 2.58. The molecule has 29 heavy (non-hydrogen) atoms. The van der Waals surface area contributed by atoms with E-state index >= 15 is 0 Å². The van der Waals surface area contributed by atoms with Crippen LogP contribution in [0.2, 0.25) is 0 Å². The van der Waals surface area contributed by atoms with Crippen molar-refractivity contribution in [3.8, 4) is 0 Å². The first-order valence-electron chi connectivity index (χ1n) is 10.1. The Kier molecular flexibility index (Phi) is 7.34. The van der Waals surface area contributed by atoms with E-state index in [0.29, 0.717) is 49.2 Å². The molecular formula is C20H29BrN4O4. The third kappa shape index (κ3) is 6.05. The summed E-state index contributed by atoms with van der Waals surface area (Å²) in [5.74, 6) is 0.894. The fraction of sp³-hybridized carbons (Fsp3) is 0.650. The van der Waals surface area contributed by atoms with Crippen LogP contribution in [0, 0.1) is 11.8 Å². The molecule has 1 aromatic heterocycles. The Hall–Kier alpha value is -1.87. The maximum atomic E-state index is 12.6. The zero-order valence-corrected chi connectivity index (χ0v) is 18.6. The topological polar surface area (TPSA) is 86.1 Å². The highest BCUT2D eigenvalue weighted by atomic mass is 79.9. The highest BCUT2D eigenvalue weighted by molar-refractivity contribution is 9.10. The predicted octanol–water partition coefficient (Wildman–Crippen LogP) is 1.42. The van der Waals surface area contributed by atoms with Crippen LogP contribution < -0.4 is 5.32 Å². The molecule has 1 N–H and O–H groups in total. The number of nitrogens with zero attached hydrogens (tertiary/aromatic N) is 3. The summed E-state index contributed by atoms with van der Waals surface area (Å²) in [6, 6.07) is 3.17. The summed E-state index contributed by atoms with van der Waals surface area (Å²) in [6.45, 7) is 8.85. The van der Waals surface area contributed by atoms with Crippen LogP contribution in [0.1, 0.15) is 30.8 Å². The molecule has 2 unspecified atom stereocenters. The van der Waals surface area contributed by atoms with Crippen LogP contribution in [0.4, 0.5) is 0 Å². The number of amides is 3. The van der Waals surface area contributed by atoms with Crippen molar-refractivity contribution in [2.75, 3.05) is 52.4 Å². The lowest BCUT2D eigenvalue weighted by Gasteiger charge is -2.38. The number of hydrogen-bond acceptors (Lipinski definition) is 5. The molecule has 0 aliphatic carbocycles. The highest BCUT2D eigenvalue weighted by Gasteiger charge is 2.28. The molecule has 0 aromatic carbocycles. The summed E-state index contributed by atoms with van der Waals surface area (Å²) in [4.78, 5) is 42.8. The van der Waals surface area contributed by atoms with E-state index in [1.165, 1.54) is 6.42 Å². The molecule has 2 saturated heterocycles. The Bertz CT molecular complexity index is 735. The van der Waals surface area contributed by atoms with Gasteiger partial charge in [-0.05, 0) is 46.3 Å². The number of carbonyl (C=O) groups excluding carboxylic acids is 3. The Morgan fingerprint density at radius 3 is 2.28 bits per heavy atom. The standard InChI is InChI=1S/C20H29BrN4O4/c1-14-9-15(2)12-25(11-14)19(27)13-23-5-7-24(8-6-23)18(26)10-22-20(28)16-3-4-17(21)29-16/h3-4,14-15H,5-13H2,1-2H3,(H,22,28). The van der Waals surface area contributed by atoms with E-state index < -0.39 is 5.91 Å². The SMILES string of the molecule is CC1CC(C)CN(C(=O)CN2CCN(C(=O)CNC(=O)c3ccc(Br)o3)CC2)C1. The van der Waals surface area contributed by atoms with Gasteiger partial charge in [0.1, 0.15) is 0 Å². The van der Waals surface area contributed by atoms with E-state index in [0.717, 1.165) is 13.1 Å². The van der Waals surface area contributed by atoms with Crippen LogP contribution in [0.25, 0.3) is 0 Å². The predicted molar refractivity (Wildman–Crippen MR) is 111 cm³/mol. The number of nitrogens with one attached hydrogen (secondary N) is 1. The number of halogens is 1. The number of hydrogen-bond donors (Lipinski definition) is 1. The van der Waals surface area contributed by atoms with Crippen molar-refractivity contribution in [3.05, 3.63) is 22.6 Å². The summed E-state index contributed by atoms with van der Waals surface area (Å²) < 4.78 is 5.64. The van der Waals surface area contributed by atoms with E-state index in [1.807, 2.05) is 4.90 Å². The second-order valence-electron chi connectivity index (χ2n) is 8.19. The minimum Gasteiger partial charge on any atom is -0.444 e. The molecule has 8 nitrogen and oxygen atoms in total. The van der Waals surface area contributed by atoms with Crippen LogP contribution in [-0.4, -0.2) is 84.8 Å². The Labute approximate surface area is 179 Å². The monoisotopic (exact) mass is 468 g/mol. The smallest absolute Gasteiger partial charge is 0.287 e. The normalized spacial score (nSPS) is 23.1. The van der Waals surface area contributed by atoms with Crippen LogP contribution in [0.5, 0.6) is 0 Å². The van der Waals surface area contributed by atoms with E-state index in [2.05, 4.69) is 40.0 Å². The zero-order chi connectivity index (χ0) is 21.0. The van der Waals surface area contributed by atoms with Crippen molar-refractivity contribution >= 4 is 33.7 Å². The second kappa shape index (κ2) is 9.75. The molecule has 0 saturated carbocycles. The maximum Gasteiger partial charge on any atom is 0.287 e. The van der Waals surface area contributed by atoms with Gasteiger partial charge in [-0.15, -0.1) is 0 Å². The van der Waals surface area contributed by atoms with Gasteiger partial charge in [-0.2, -0.15) is 0 Å². The Balaban J connectivity index is 1.39. The van der Waals surface area contributed by atoms with Crippen molar-refractivity contribution in [2.24, 2.45) is 11.8 Å². The number of piperidine rings is 1. The summed E-state index contributed by atoms with van der Waals surface area (Å²) in [7, 11) is 0. The van der Waals surface area contributed by atoms with Gasteiger partial charge >= 0.3 is 0 Å². The molecular weight excluding hydrogens is 440 g/mol. The van der Waals surface area contributed by atoms with Crippen molar-refractivity contribution in [2.45, 2.75) is 20.3 Å². The quantitative estimate of drug-likeness (QED) is 0.705. The van der Waals surface area contributed by atoms with Gasteiger partial charge in [-0.25, -0.2) is 0 Å². The van der Waals surface area contributed by atoms with Gasteiger partial charge in [0.25, 0.3) is 5.91 Å². The molecule has 2 atom stereocenters. The molecule has 3 rings (SSSR count). The molecule has 1 aromatic rings. The lowest BCUT2D eigenvalue weighted by atomic mass is 9.92. The molecule has 0 spiro atoms. The van der Waals surface area contributed by atoms with Gasteiger partial charge in [0.2, 0.25) is 11.8 Å². The largest absolute Gasteiger partial charge is 0.444 e. The third-order valence-electron chi connectivity index (χ3n) is 5.50. The van der Waals surface area contributed by atoms with E-state index in [9.17, 15) is 14.4 Å². The van der Waals surface area contributed by atoms with Gasteiger partial charge in [-0.3, -0.25) is 19.3 Å². The first-order valence-corrected chi connectivity index (χ1v) is 10.9. The summed E-state index contributed by atoms with van der Waals surface area (Å²) in [6.07, 6.45) is 1.18. The third-order valence-corrected chi connectivity index (χ3v) is 5.93. The molecule has 2 aliphatic heterocycles. The molecule has 0 radical (unpaired) electrons. The molecule has 9 heteroatoms. The van der Waals surface area contributed by atoms with Crippen LogP contribution >= 0.6 is 15.9 Å². The molecule has 0 bridgehead atoms. The molecule has 3 amide bonds. The molecule has 2 aliphatic rings. The lowest BCUT2D eigenvalue weighted by molar-refractivity contribution is -0.136. The average Bonchev–Trinajstić information content (AvgIpc) is 3.12. The summed E-state index contributed by atoms with van der Waals surface area (Å²) in [5.41, 5.74) is 0. The van der Waals surface area contributed by atoms with Gasteiger partial charge in [0, 0.05) is 39.3 Å². The molecule has 2 fully saturated rings. The van der Waals surface area contributed by atoms with Crippen LogP contribution in [0.3, 0.4) is 0 Å². The minimum atomic E-state index is -0.418.